The molecule has 0 spiro atoms. The molecule has 1 aliphatic heterocycles. The van der Waals surface area contributed by atoms with E-state index in [1.165, 1.54) is 25.7 Å². The second kappa shape index (κ2) is 11.0. The van der Waals surface area contributed by atoms with E-state index in [1.54, 1.807) is 7.11 Å². The monoisotopic (exact) mass is 415 g/mol. The molecule has 1 fully saturated rings. The zero-order valence-corrected chi connectivity index (χ0v) is 18.1. The maximum Gasteiger partial charge on any atom is 0.229 e. The SMILES string of the molecule is CNc1cc(C)nc(Nc2ccc(OC)c(OC[C@H](O)CN3CCCCCC3)c2)n1. The Morgan fingerprint density at radius 2 is 1.87 bits per heavy atom. The predicted molar refractivity (Wildman–Crippen MR) is 119 cm³/mol. The number of aryl methyl sites for hydroxylation is 1. The molecule has 1 aromatic heterocycles. The molecule has 0 radical (unpaired) electrons. The Bertz CT molecular complexity index is 809. The van der Waals surface area contributed by atoms with E-state index in [0.29, 0.717) is 24.0 Å². The minimum absolute atomic E-state index is 0.209. The largest absolute Gasteiger partial charge is 0.493 e. The number of aliphatic hydroxyl groups excluding tert-OH is 1. The summed E-state index contributed by atoms with van der Waals surface area (Å²) in [6.07, 6.45) is 4.40. The van der Waals surface area contributed by atoms with Crippen LogP contribution in [0.5, 0.6) is 11.5 Å². The summed E-state index contributed by atoms with van der Waals surface area (Å²) in [5, 5.41) is 16.7. The molecule has 8 heteroatoms. The van der Waals surface area contributed by atoms with E-state index in [0.717, 1.165) is 30.3 Å². The number of ether oxygens (including phenoxy) is 2. The van der Waals surface area contributed by atoms with Gasteiger partial charge in [0.1, 0.15) is 18.5 Å². The minimum Gasteiger partial charge on any atom is -0.493 e. The van der Waals surface area contributed by atoms with Gasteiger partial charge in [-0.3, -0.25) is 0 Å². The van der Waals surface area contributed by atoms with E-state index in [2.05, 4.69) is 25.5 Å². The Hall–Kier alpha value is -2.58. The van der Waals surface area contributed by atoms with E-state index < -0.39 is 6.10 Å². The van der Waals surface area contributed by atoms with Gasteiger partial charge in [-0.15, -0.1) is 0 Å². The highest BCUT2D eigenvalue weighted by Crippen LogP contribution is 2.31. The van der Waals surface area contributed by atoms with Crippen LogP contribution in [0.15, 0.2) is 24.3 Å². The van der Waals surface area contributed by atoms with Crippen molar-refractivity contribution in [3.05, 3.63) is 30.0 Å². The molecule has 2 heterocycles. The number of methoxy groups -OCH3 is 1. The predicted octanol–water partition coefficient (Wildman–Crippen LogP) is 3.19. The van der Waals surface area contributed by atoms with Crippen LogP contribution in [0, 0.1) is 6.92 Å². The van der Waals surface area contributed by atoms with Crippen molar-refractivity contribution in [1.29, 1.82) is 0 Å². The number of nitrogens with zero attached hydrogens (tertiary/aromatic N) is 3. The van der Waals surface area contributed by atoms with Crippen molar-refractivity contribution in [3.63, 3.8) is 0 Å². The molecule has 8 nitrogen and oxygen atoms in total. The molecular formula is C22H33N5O3. The molecule has 2 aromatic rings. The van der Waals surface area contributed by atoms with Crippen molar-refractivity contribution >= 4 is 17.5 Å². The average Bonchev–Trinajstić information content (AvgIpc) is 3.00. The summed E-state index contributed by atoms with van der Waals surface area (Å²) in [5.74, 6) is 2.42. The third-order valence-corrected chi connectivity index (χ3v) is 5.13. The summed E-state index contributed by atoms with van der Waals surface area (Å²) in [6, 6.07) is 7.42. The van der Waals surface area contributed by atoms with Gasteiger partial charge in [0.2, 0.25) is 5.95 Å². The van der Waals surface area contributed by atoms with Gasteiger partial charge in [-0.2, -0.15) is 4.98 Å². The van der Waals surface area contributed by atoms with Gasteiger partial charge in [-0.25, -0.2) is 4.98 Å². The van der Waals surface area contributed by atoms with Gasteiger partial charge < -0.3 is 30.1 Å². The van der Waals surface area contributed by atoms with Crippen LogP contribution in [0.25, 0.3) is 0 Å². The second-order valence-corrected chi connectivity index (χ2v) is 7.64. The van der Waals surface area contributed by atoms with Crippen LogP contribution >= 0.6 is 0 Å². The van der Waals surface area contributed by atoms with Gasteiger partial charge in [0.15, 0.2) is 11.5 Å². The zero-order valence-electron chi connectivity index (χ0n) is 18.1. The first kappa shape index (κ1) is 22.1. The number of aliphatic hydroxyl groups is 1. The van der Waals surface area contributed by atoms with Crippen LogP contribution in [0.3, 0.4) is 0 Å². The zero-order chi connectivity index (χ0) is 21.3. The van der Waals surface area contributed by atoms with E-state index in [1.807, 2.05) is 38.2 Å². The normalized spacial score (nSPS) is 15.9. The number of nitrogens with one attached hydrogen (secondary N) is 2. The fraction of sp³-hybridized carbons (Fsp3) is 0.545. The van der Waals surface area contributed by atoms with Crippen molar-refractivity contribution < 1.29 is 14.6 Å². The standard InChI is InChI=1S/C22H33N5O3/c1-16-12-21(23-2)26-22(24-16)25-17-8-9-19(29-3)20(13-17)30-15-18(28)14-27-10-6-4-5-7-11-27/h8-9,12-13,18,28H,4-7,10-11,14-15H2,1-3H3,(H2,23,24,25,26)/t18-/m1/s1. The fourth-order valence-electron chi connectivity index (χ4n) is 3.60. The number of aromatic nitrogens is 2. The van der Waals surface area contributed by atoms with Crippen LogP contribution in [0.1, 0.15) is 31.4 Å². The van der Waals surface area contributed by atoms with Crippen molar-refractivity contribution in [2.75, 3.05) is 51.0 Å². The lowest BCUT2D eigenvalue weighted by molar-refractivity contribution is 0.0683. The summed E-state index contributed by atoms with van der Waals surface area (Å²) < 4.78 is 11.3. The summed E-state index contributed by atoms with van der Waals surface area (Å²) in [4.78, 5) is 11.2. The number of rotatable bonds is 9. The molecule has 30 heavy (non-hydrogen) atoms. The van der Waals surface area contributed by atoms with Crippen LogP contribution in [-0.2, 0) is 0 Å². The molecule has 0 saturated carbocycles. The number of likely N-dealkylation sites (tertiary alicyclic amines) is 1. The number of β-amino-alcohol motifs (C(OH)–C–C–N with tert-alkyl or cyclic N) is 1. The number of hydrogen-bond acceptors (Lipinski definition) is 8. The van der Waals surface area contributed by atoms with Gasteiger partial charge >= 0.3 is 0 Å². The summed E-state index contributed by atoms with van der Waals surface area (Å²) >= 11 is 0. The van der Waals surface area contributed by atoms with Gasteiger partial charge in [0.05, 0.1) is 7.11 Å². The highest BCUT2D eigenvalue weighted by atomic mass is 16.5. The topological polar surface area (TPSA) is 91.8 Å². The van der Waals surface area contributed by atoms with Crippen molar-refractivity contribution in [3.8, 4) is 11.5 Å². The molecule has 1 aliphatic rings. The number of hydrogen-bond donors (Lipinski definition) is 3. The highest BCUT2D eigenvalue weighted by molar-refractivity contribution is 5.60. The third-order valence-electron chi connectivity index (χ3n) is 5.13. The first-order valence-corrected chi connectivity index (χ1v) is 10.6. The van der Waals surface area contributed by atoms with Gasteiger partial charge in [-0.05, 0) is 45.0 Å². The first-order valence-electron chi connectivity index (χ1n) is 10.6. The van der Waals surface area contributed by atoms with E-state index in [-0.39, 0.29) is 6.61 Å². The second-order valence-electron chi connectivity index (χ2n) is 7.64. The summed E-state index contributed by atoms with van der Waals surface area (Å²) in [6.45, 7) is 4.85. The molecule has 1 aromatic carbocycles. The Balaban J connectivity index is 1.63. The maximum atomic E-state index is 10.5. The molecule has 0 amide bonds. The van der Waals surface area contributed by atoms with Crippen molar-refractivity contribution in [2.45, 2.75) is 38.7 Å². The Kier molecular flexibility index (Phi) is 8.10. The van der Waals surface area contributed by atoms with Crippen LogP contribution < -0.4 is 20.1 Å². The lowest BCUT2D eigenvalue weighted by atomic mass is 10.2. The van der Waals surface area contributed by atoms with Gasteiger partial charge in [0.25, 0.3) is 0 Å². The van der Waals surface area contributed by atoms with E-state index in [9.17, 15) is 5.11 Å². The van der Waals surface area contributed by atoms with Crippen LogP contribution in [-0.4, -0.2) is 66.5 Å². The van der Waals surface area contributed by atoms with E-state index >= 15 is 0 Å². The molecular weight excluding hydrogens is 382 g/mol. The summed E-state index contributed by atoms with van der Waals surface area (Å²) in [7, 11) is 3.42. The van der Waals surface area contributed by atoms with E-state index in [4.69, 9.17) is 9.47 Å². The van der Waals surface area contributed by atoms with Crippen LogP contribution in [0.4, 0.5) is 17.5 Å². The minimum atomic E-state index is -0.553. The Labute approximate surface area is 178 Å². The first-order chi connectivity index (χ1) is 14.6. The average molecular weight is 416 g/mol. The smallest absolute Gasteiger partial charge is 0.229 e. The lowest BCUT2D eigenvalue weighted by Crippen LogP contribution is -2.36. The lowest BCUT2D eigenvalue weighted by Gasteiger charge is -2.23. The third kappa shape index (κ3) is 6.47. The van der Waals surface area contributed by atoms with Crippen molar-refractivity contribution in [1.82, 2.24) is 14.9 Å². The highest BCUT2D eigenvalue weighted by Gasteiger charge is 2.16. The maximum absolute atomic E-state index is 10.5. The quantitative estimate of drug-likeness (QED) is 0.575. The van der Waals surface area contributed by atoms with Crippen molar-refractivity contribution in [2.24, 2.45) is 0 Å². The molecule has 1 saturated heterocycles. The molecule has 0 unspecified atom stereocenters. The fourth-order valence-corrected chi connectivity index (χ4v) is 3.60. The Morgan fingerprint density at radius 1 is 1.10 bits per heavy atom. The molecule has 0 aliphatic carbocycles. The molecule has 164 valence electrons. The van der Waals surface area contributed by atoms with Gasteiger partial charge in [0, 0.05) is 37.1 Å². The van der Waals surface area contributed by atoms with Crippen LogP contribution in [0.2, 0.25) is 0 Å². The molecule has 0 bridgehead atoms. The number of benzene rings is 1. The molecule has 3 rings (SSSR count). The Morgan fingerprint density at radius 3 is 2.57 bits per heavy atom. The number of anilines is 3. The molecule has 3 N–H and O–H groups in total. The molecule has 1 atom stereocenters. The van der Waals surface area contributed by atoms with Gasteiger partial charge in [-0.1, -0.05) is 12.8 Å². The summed E-state index contributed by atoms with van der Waals surface area (Å²) in [5.41, 5.74) is 1.64.